The summed E-state index contributed by atoms with van der Waals surface area (Å²) in [5.41, 5.74) is -0.421. The summed E-state index contributed by atoms with van der Waals surface area (Å²) in [5.74, 6) is 0. The second-order valence-corrected chi connectivity index (χ2v) is 5.54. The van der Waals surface area contributed by atoms with Crippen molar-refractivity contribution in [3.05, 3.63) is 0 Å². The van der Waals surface area contributed by atoms with Gasteiger partial charge in [0.25, 0.3) is 0 Å². The first-order valence-electron chi connectivity index (χ1n) is 4.48. The van der Waals surface area contributed by atoms with Crippen molar-refractivity contribution in [3.8, 4) is 0 Å². The lowest BCUT2D eigenvalue weighted by Gasteiger charge is -2.17. The quantitative estimate of drug-likeness (QED) is 0.770. The highest BCUT2D eigenvalue weighted by Gasteiger charge is 2.38. The highest BCUT2D eigenvalue weighted by molar-refractivity contribution is 8.41. The van der Waals surface area contributed by atoms with Crippen LogP contribution in [0.5, 0.6) is 0 Å². The minimum Gasteiger partial charge on any atom is -0.366 e. The molecule has 7 heteroatoms. The number of halogens is 3. The molecule has 2 atom stereocenters. The van der Waals surface area contributed by atoms with Crippen LogP contribution < -0.4 is 0 Å². The minimum absolute atomic E-state index is 0.0580. The van der Waals surface area contributed by atoms with Crippen LogP contribution in [0.2, 0.25) is 0 Å². The molecule has 0 unspecified atom stereocenters. The van der Waals surface area contributed by atoms with Crippen LogP contribution in [0, 0.1) is 0 Å². The lowest BCUT2D eigenvalue weighted by atomic mass is 10.2. The molecule has 1 rings (SSSR count). The Labute approximate surface area is 94.3 Å². The van der Waals surface area contributed by atoms with Crippen molar-refractivity contribution in [2.75, 3.05) is 6.61 Å². The van der Waals surface area contributed by atoms with Crippen LogP contribution in [-0.4, -0.2) is 27.9 Å². The Morgan fingerprint density at radius 1 is 1.40 bits per heavy atom. The van der Waals surface area contributed by atoms with Crippen LogP contribution in [0.25, 0.3) is 0 Å². The van der Waals surface area contributed by atoms with E-state index in [4.69, 9.17) is 4.74 Å². The molecular weight excluding hydrogens is 249 g/mol. The number of hydrogen-bond donors (Lipinski definition) is 0. The lowest BCUT2D eigenvalue weighted by Crippen LogP contribution is -2.21. The number of carbonyl (C=O) groups is 1. The molecule has 2 nitrogen and oxygen atoms in total. The zero-order valence-electron chi connectivity index (χ0n) is 8.04. The van der Waals surface area contributed by atoms with Gasteiger partial charge in [-0.15, -0.1) is 0 Å². The van der Waals surface area contributed by atoms with E-state index in [-0.39, 0.29) is 16.1 Å². The molecule has 0 radical (unpaired) electrons. The van der Waals surface area contributed by atoms with Crippen LogP contribution in [0.3, 0.4) is 0 Å². The first-order chi connectivity index (χ1) is 6.92. The summed E-state index contributed by atoms with van der Waals surface area (Å²) in [5, 5.41) is -0.371. The normalized spacial score (nSPS) is 27.3. The molecule has 1 aliphatic rings. The average Bonchev–Trinajstić information content (AvgIpc) is 2.42. The van der Waals surface area contributed by atoms with Gasteiger partial charge >= 0.3 is 6.18 Å². The van der Waals surface area contributed by atoms with Crippen LogP contribution in [0.4, 0.5) is 18.0 Å². The van der Waals surface area contributed by atoms with E-state index in [0.29, 0.717) is 6.61 Å². The number of ether oxygens (including phenoxy) is 1. The summed E-state index contributed by atoms with van der Waals surface area (Å²) in [6.07, 6.45) is -5.08. The molecule has 0 saturated carbocycles. The van der Waals surface area contributed by atoms with Gasteiger partial charge in [-0.25, -0.2) is 0 Å². The van der Waals surface area contributed by atoms with Gasteiger partial charge in [0, 0.05) is 18.3 Å². The lowest BCUT2D eigenvalue weighted by molar-refractivity contribution is -0.135. The van der Waals surface area contributed by atoms with Crippen LogP contribution in [0.15, 0.2) is 0 Å². The Bertz CT molecular complexity index is 232. The fraction of sp³-hybridized carbons (Fsp3) is 0.875. The van der Waals surface area contributed by atoms with Gasteiger partial charge in [-0.2, -0.15) is 13.2 Å². The number of carbonyl (C=O) groups excluding carboxylic acids is 1. The van der Waals surface area contributed by atoms with E-state index in [2.05, 4.69) is 0 Å². The first kappa shape index (κ1) is 13.2. The topological polar surface area (TPSA) is 26.3 Å². The summed E-state index contributed by atoms with van der Waals surface area (Å²) in [4.78, 5) is 11.0. The van der Waals surface area contributed by atoms with Crippen molar-refractivity contribution < 1.29 is 22.7 Å². The van der Waals surface area contributed by atoms with Gasteiger partial charge in [-0.05, 0) is 25.1 Å². The van der Waals surface area contributed by atoms with E-state index in [1.54, 1.807) is 6.92 Å². The third-order valence-electron chi connectivity index (χ3n) is 1.81. The van der Waals surface area contributed by atoms with Crippen LogP contribution >= 0.6 is 23.5 Å². The fourth-order valence-corrected chi connectivity index (χ4v) is 3.75. The molecule has 15 heavy (non-hydrogen) atoms. The molecule has 0 aromatic heterocycles. The molecule has 0 aromatic rings. The summed E-state index contributed by atoms with van der Waals surface area (Å²) < 4.78 is 41.0. The van der Waals surface area contributed by atoms with E-state index >= 15 is 0 Å². The maximum absolute atomic E-state index is 12.0. The largest absolute Gasteiger partial charge is 0.389 e. The molecule has 0 bridgehead atoms. The first-order valence-corrected chi connectivity index (χ1v) is 6.24. The molecule has 1 heterocycles. The molecule has 0 aliphatic carbocycles. The molecule has 1 fully saturated rings. The predicted octanol–water partition coefficient (Wildman–Crippen LogP) is 3.66. The second-order valence-electron chi connectivity index (χ2n) is 3.00. The highest BCUT2D eigenvalue weighted by Crippen LogP contribution is 2.43. The van der Waals surface area contributed by atoms with Crippen LogP contribution in [0.1, 0.15) is 19.8 Å². The van der Waals surface area contributed by atoms with Crippen molar-refractivity contribution in [2.45, 2.75) is 36.6 Å². The third kappa shape index (κ3) is 4.65. The summed E-state index contributed by atoms with van der Waals surface area (Å²) in [6, 6.07) is 0. The Balaban J connectivity index is 2.41. The van der Waals surface area contributed by atoms with Crippen molar-refractivity contribution in [2.24, 2.45) is 0 Å². The van der Waals surface area contributed by atoms with Gasteiger partial charge in [0.2, 0.25) is 4.45 Å². The zero-order chi connectivity index (χ0) is 11.5. The van der Waals surface area contributed by atoms with Gasteiger partial charge in [0.1, 0.15) is 5.44 Å². The molecule has 0 N–H and O–H groups in total. The Morgan fingerprint density at radius 3 is 2.60 bits per heavy atom. The summed E-state index contributed by atoms with van der Waals surface area (Å²) >= 11 is 1.94. The zero-order valence-corrected chi connectivity index (χ0v) is 9.68. The van der Waals surface area contributed by atoms with Crippen molar-refractivity contribution in [3.63, 3.8) is 0 Å². The fourth-order valence-electron chi connectivity index (χ4n) is 1.18. The Kier molecular flexibility index (Phi) is 4.79. The molecule has 0 spiro atoms. The standard InChI is InChI=1S/C8H11F3O2S2/c1-2-13-6-5(14-7(12)15-6)3-4-8(9,10)11/h5-6H,2-4H2,1H3/t5-,6+/m1/s1. The van der Waals surface area contributed by atoms with E-state index in [0.717, 1.165) is 23.5 Å². The molecule has 1 saturated heterocycles. The molecular formula is C8H11F3O2S2. The predicted molar refractivity (Wildman–Crippen MR) is 55.1 cm³/mol. The van der Waals surface area contributed by atoms with Crippen molar-refractivity contribution in [1.82, 2.24) is 0 Å². The number of hydrogen-bond acceptors (Lipinski definition) is 4. The van der Waals surface area contributed by atoms with Crippen molar-refractivity contribution in [1.29, 1.82) is 0 Å². The maximum atomic E-state index is 12.0. The van der Waals surface area contributed by atoms with E-state index in [1.165, 1.54) is 0 Å². The van der Waals surface area contributed by atoms with Gasteiger partial charge in [0.05, 0.1) is 0 Å². The monoisotopic (exact) mass is 260 g/mol. The summed E-state index contributed by atoms with van der Waals surface area (Å²) in [6.45, 7) is 2.17. The van der Waals surface area contributed by atoms with E-state index in [9.17, 15) is 18.0 Å². The number of rotatable bonds is 4. The van der Waals surface area contributed by atoms with E-state index < -0.39 is 18.0 Å². The van der Waals surface area contributed by atoms with Gasteiger partial charge < -0.3 is 4.74 Å². The SMILES string of the molecule is CCO[C@H]1SC(=O)S[C@@H]1CCC(F)(F)F. The van der Waals surface area contributed by atoms with Crippen molar-refractivity contribution >= 4 is 28.0 Å². The Morgan fingerprint density at radius 2 is 2.07 bits per heavy atom. The number of thioether (sulfide) groups is 2. The molecule has 1 aliphatic heterocycles. The molecule has 0 amide bonds. The van der Waals surface area contributed by atoms with E-state index in [1.807, 2.05) is 0 Å². The number of alkyl halides is 3. The smallest absolute Gasteiger partial charge is 0.366 e. The highest BCUT2D eigenvalue weighted by atomic mass is 32.2. The third-order valence-corrected chi connectivity index (χ3v) is 4.42. The van der Waals surface area contributed by atoms with Gasteiger partial charge in [0.15, 0.2) is 0 Å². The molecule has 88 valence electrons. The second kappa shape index (κ2) is 5.45. The minimum atomic E-state index is -4.16. The molecule has 0 aromatic carbocycles. The van der Waals surface area contributed by atoms with Gasteiger partial charge in [-0.3, -0.25) is 4.79 Å². The Hall–Kier alpha value is 0.120. The maximum Gasteiger partial charge on any atom is 0.389 e. The van der Waals surface area contributed by atoms with Gasteiger partial charge in [-0.1, -0.05) is 11.8 Å². The average molecular weight is 260 g/mol. The summed E-state index contributed by atoms with van der Waals surface area (Å²) in [7, 11) is 0. The van der Waals surface area contributed by atoms with Crippen LogP contribution in [-0.2, 0) is 4.74 Å².